The van der Waals surface area contributed by atoms with Gasteiger partial charge in [0.15, 0.2) is 5.65 Å². The molecule has 0 bridgehead atoms. The van der Waals surface area contributed by atoms with Crippen molar-refractivity contribution in [3.63, 3.8) is 0 Å². The molecule has 0 fully saturated rings. The van der Waals surface area contributed by atoms with E-state index in [9.17, 15) is 4.79 Å². The summed E-state index contributed by atoms with van der Waals surface area (Å²) >= 11 is 6.46. The summed E-state index contributed by atoms with van der Waals surface area (Å²) < 4.78 is 6.85. The van der Waals surface area contributed by atoms with E-state index in [2.05, 4.69) is 15.4 Å². The monoisotopic (exact) mass is 386 g/mol. The van der Waals surface area contributed by atoms with Crippen LogP contribution >= 0.6 is 11.6 Å². The molecule has 0 unspecified atom stereocenters. The molecule has 0 atom stereocenters. The Hall–Kier alpha value is -2.60. The molecule has 2 heterocycles. The maximum Gasteiger partial charge on any atom is 0.254 e. The van der Waals surface area contributed by atoms with Crippen LogP contribution in [0.1, 0.15) is 48.1 Å². The first-order valence-electron chi connectivity index (χ1n) is 8.68. The van der Waals surface area contributed by atoms with Crippen molar-refractivity contribution in [2.75, 3.05) is 7.11 Å². The molecule has 7 heteroatoms. The Bertz CT molecular complexity index is 1010. The van der Waals surface area contributed by atoms with E-state index in [1.54, 1.807) is 17.8 Å². The number of hydrogen-bond donors (Lipinski definition) is 1. The third kappa shape index (κ3) is 3.76. The molecule has 3 aromatic rings. The highest BCUT2D eigenvalue weighted by Crippen LogP contribution is 2.31. The lowest BCUT2D eigenvalue weighted by Gasteiger charge is -2.14. The highest BCUT2D eigenvalue weighted by Gasteiger charge is 2.25. The second-order valence-electron chi connectivity index (χ2n) is 7.44. The van der Waals surface area contributed by atoms with Crippen LogP contribution in [0.4, 0.5) is 0 Å². The van der Waals surface area contributed by atoms with E-state index in [4.69, 9.17) is 16.3 Å². The van der Waals surface area contributed by atoms with Gasteiger partial charge < -0.3 is 10.1 Å². The molecule has 1 aromatic carbocycles. The van der Waals surface area contributed by atoms with Gasteiger partial charge in [0.05, 0.1) is 24.1 Å². The minimum absolute atomic E-state index is 0.214. The lowest BCUT2D eigenvalue weighted by Crippen LogP contribution is -2.24. The van der Waals surface area contributed by atoms with E-state index >= 15 is 0 Å². The SMILES string of the molecule is COc1cccc(CNC(=O)c2cnc3c(Cl)c(C(C)(C)C)nn3c2C)c1. The summed E-state index contributed by atoms with van der Waals surface area (Å²) in [6.45, 7) is 8.35. The van der Waals surface area contributed by atoms with Crippen molar-refractivity contribution in [1.82, 2.24) is 19.9 Å². The number of amides is 1. The van der Waals surface area contributed by atoms with E-state index in [1.807, 2.05) is 52.0 Å². The summed E-state index contributed by atoms with van der Waals surface area (Å²) in [4.78, 5) is 17.0. The number of ether oxygens (including phenoxy) is 1. The summed E-state index contributed by atoms with van der Waals surface area (Å²) in [5, 5.41) is 8.03. The van der Waals surface area contributed by atoms with Crippen molar-refractivity contribution in [2.24, 2.45) is 0 Å². The van der Waals surface area contributed by atoms with Crippen LogP contribution in [0.2, 0.25) is 5.02 Å². The Kier molecular flexibility index (Phi) is 5.11. The van der Waals surface area contributed by atoms with E-state index in [0.29, 0.717) is 28.5 Å². The molecule has 0 aliphatic carbocycles. The van der Waals surface area contributed by atoms with Gasteiger partial charge in [-0.05, 0) is 24.6 Å². The van der Waals surface area contributed by atoms with Gasteiger partial charge in [-0.3, -0.25) is 4.79 Å². The Labute approximate surface area is 163 Å². The number of benzene rings is 1. The molecule has 2 aromatic heterocycles. The smallest absolute Gasteiger partial charge is 0.254 e. The summed E-state index contributed by atoms with van der Waals surface area (Å²) in [5.74, 6) is 0.538. The molecule has 0 aliphatic rings. The molecule has 0 saturated carbocycles. The van der Waals surface area contributed by atoms with Gasteiger partial charge in [-0.2, -0.15) is 5.10 Å². The number of hydrogen-bond acceptors (Lipinski definition) is 4. The van der Waals surface area contributed by atoms with Crippen molar-refractivity contribution in [2.45, 2.75) is 39.7 Å². The molecule has 3 rings (SSSR count). The van der Waals surface area contributed by atoms with Crippen molar-refractivity contribution in [1.29, 1.82) is 0 Å². The first-order chi connectivity index (χ1) is 12.7. The highest BCUT2D eigenvalue weighted by atomic mass is 35.5. The number of aromatic nitrogens is 3. The molecule has 0 saturated heterocycles. The second-order valence-corrected chi connectivity index (χ2v) is 7.82. The number of aryl methyl sites for hydroxylation is 1. The van der Waals surface area contributed by atoms with Crippen LogP contribution in [0.25, 0.3) is 5.65 Å². The largest absolute Gasteiger partial charge is 0.497 e. The number of methoxy groups -OCH3 is 1. The van der Waals surface area contributed by atoms with Gasteiger partial charge in [-0.1, -0.05) is 44.5 Å². The van der Waals surface area contributed by atoms with Crippen LogP contribution in [-0.2, 0) is 12.0 Å². The Morgan fingerprint density at radius 1 is 1.33 bits per heavy atom. The number of nitrogens with one attached hydrogen (secondary N) is 1. The predicted molar refractivity (Wildman–Crippen MR) is 106 cm³/mol. The summed E-state index contributed by atoms with van der Waals surface area (Å²) in [7, 11) is 1.61. The van der Waals surface area contributed by atoms with Crippen LogP contribution in [0.3, 0.4) is 0 Å². The Morgan fingerprint density at radius 3 is 2.74 bits per heavy atom. The number of halogens is 1. The quantitative estimate of drug-likeness (QED) is 0.737. The molecule has 0 radical (unpaired) electrons. The maximum absolute atomic E-state index is 12.7. The molecular formula is C20H23ClN4O2. The molecule has 142 valence electrons. The predicted octanol–water partition coefficient (Wildman–Crippen LogP) is 3.93. The maximum atomic E-state index is 12.7. The Balaban J connectivity index is 1.87. The van der Waals surface area contributed by atoms with Crippen LogP contribution in [0.15, 0.2) is 30.5 Å². The average molecular weight is 387 g/mol. The van der Waals surface area contributed by atoms with Crippen LogP contribution in [-0.4, -0.2) is 27.6 Å². The normalized spacial score (nSPS) is 11.6. The van der Waals surface area contributed by atoms with Crippen molar-refractivity contribution in [3.8, 4) is 5.75 Å². The summed E-state index contributed by atoms with van der Waals surface area (Å²) in [6.07, 6.45) is 1.55. The van der Waals surface area contributed by atoms with Gasteiger partial charge in [0, 0.05) is 18.2 Å². The minimum Gasteiger partial charge on any atom is -0.497 e. The Morgan fingerprint density at radius 2 is 2.07 bits per heavy atom. The zero-order valence-corrected chi connectivity index (χ0v) is 16.9. The molecular weight excluding hydrogens is 364 g/mol. The summed E-state index contributed by atoms with van der Waals surface area (Å²) in [6, 6.07) is 7.57. The average Bonchev–Trinajstić information content (AvgIpc) is 2.98. The molecule has 0 spiro atoms. The van der Waals surface area contributed by atoms with Gasteiger partial charge >= 0.3 is 0 Å². The number of carbonyl (C=O) groups is 1. The number of carbonyl (C=O) groups excluding carboxylic acids is 1. The van der Waals surface area contributed by atoms with Gasteiger partial charge in [0.25, 0.3) is 5.91 Å². The third-order valence-corrected chi connectivity index (χ3v) is 4.72. The number of fused-ring (bicyclic) bond motifs is 1. The van der Waals surface area contributed by atoms with Gasteiger partial charge in [0.2, 0.25) is 0 Å². The van der Waals surface area contributed by atoms with Gasteiger partial charge in [0.1, 0.15) is 10.8 Å². The van der Waals surface area contributed by atoms with E-state index in [1.165, 1.54) is 0 Å². The van der Waals surface area contributed by atoms with Gasteiger partial charge in [-0.25, -0.2) is 9.50 Å². The topological polar surface area (TPSA) is 68.5 Å². The minimum atomic E-state index is -0.216. The third-order valence-electron chi connectivity index (χ3n) is 4.37. The van der Waals surface area contributed by atoms with E-state index < -0.39 is 0 Å². The van der Waals surface area contributed by atoms with Crippen LogP contribution in [0, 0.1) is 6.92 Å². The van der Waals surface area contributed by atoms with E-state index in [-0.39, 0.29) is 11.3 Å². The standard InChI is InChI=1S/C20H23ClN4O2/c1-12-15(19(26)23-10-13-7-6-8-14(9-13)27-5)11-22-18-16(21)17(20(2,3)4)24-25(12)18/h6-9,11H,10H2,1-5H3,(H,23,26). The first kappa shape index (κ1) is 19.2. The fraction of sp³-hybridized carbons (Fsp3) is 0.350. The molecule has 0 aliphatic heterocycles. The van der Waals surface area contributed by atoms with Crippen LogP contribution in [0.5, 0.6) is 5.75 Å². The second kappa shape index (κ2) is 7.19. The fourth-order valence-electron chi connectivity index (χ4n) is 2.83. The lowest BCUT2D eigenvalue weighted by atomic mass is 9.92. The molecule has 6 nitrogen and oxygen atoms in total. The van der Waals surface area contributed by atoms with Crippen LogP contribution < -0.4 is 10.1 Å². The van der Waals surface area contributed by atoms with Gasteiger partial charge in [-0.15, -0.1) is 0 Å². The lowest BCUT2D eigenvalue weighted by molar-refractivity contribution is 0.0949. The molecule has 27 heavy (non-hydrogen) atoms. The molecule has 1 amide bonds. The number of nitrogens with zero attached hydrogens (tertiary/aromatic N) is 3. The van der Waals surface area contributed by atoms with Crippen molar-refractivity contribution in [3.05, 3.63) is 58.0 Å². The molecule has 1 N–H and O–H groups in total. The fourth-order valence-corrected chi connectivity index (χ4v) is 3.28. The van der Waals surface area contributed by atoms with E-state index in [0.717, 1.165) is 17.0 Å². The first-order valence-corrected chi connectivity index (χ1v) is 9.05. The van der Waals surface area contributed by atoms with Crippen molar-refractivity contribution < 1.29 is 9.53 Å². The zero-order chi connectivity index (χ0) is 19.8. The summed E-state index contributed by atoms with van der Waals surface area (Å²) in [5.41, 5.74) is 3.21. The number of rotatable bonds is 4. The zero-order valence-electron chi connectivity index (χ0n) is 16.1. The highest BCUT2D eigenvalue weighted by molar-refractivity contribution is 6.34. The van der Waals surface area contributed by atoms with Crippen molar-refractivity contribution >= 4 is 23.2 Å².